The lowest BCUT2D eigenvalue weighted by Crippen LogP contribution is -2.27. The predicted molar refractivity (Wildman–Crippen MR) is 65.8 cm³/mol. The summed E-state index contributed by atoms with van der Waals surface area (Å²) in [5.74, 6) is 0. The molecule has 6 heteroatoms. The summed E-state index contributed by atoms with van der Waals surface area (Å²) in [5.41, 5.74) is 8.43. The molecular weight excluding hydrogens is 324 g/mol. The Bertz CT molecular complexity index is 277. The minimum atomic E-state index is 0. The van der Waals surface area contributed by atoms with Crippen LogP contribution in [0.1, 0.15) is 17.7 Å². The third-order valence-electron chi connectivity index (χ3n) is 2.13. The van der Waals surface area contributed by atoms with Crippen LogP contribution in [0.25, 0.3) is 0 Å². The Morgan fingerprint density at radius 3 is 2.85 bits per heavy atom. The van der Waals surface area contributed by atoms with Gasteiger partial charge in [0.05, 0.1) is 0 Å². The van der Waals surface area contributed by atoms with E-state index in [0.29, 0.717) is 6.04 Å². The highest BCUT2D eigenvalue weighted by molar-refractivity contribution is 14.1. The molecule has 76 valence electrons. The minimum absolute atomic E-state index is 0. The minimum Gasteiger partial charge on any atom is -0.327 e. The highest BCUT2D eigenvalue weighted by Crippen LogP contribution is 2.22. The summed E-state index contributed by atoms with van der Waals surface area (Å²) in [6.45, 7) is 0. The fourth-order valence-electron chi connectivity index (χ4n) is 1.49. The van der Waals surface area contributed by atoms with Crippen molar-refractivity contribution in [1.29, 1.82) is 0 Å². The van der Waals surface area contributed by atoms with Crippen molar-refractivity contribution in [2.75, 3.05) is 0 Å². The fourth-order valence-corrected chi connectivity index (χ4v) is 2.21. The molecule has 1 aromatic rings. The number of rotatable bonds is 0. The lowest BCUT2D eigenvalue weighted by atomic mass is 9.95. The molecule has 0 aromatic carbocycles. The molecule has 13 heavy (non-hydrogen) atoms. The van der Waals surface area contributed by atoms with Gasteiger partial charge in [0.2, 0.25) is 0 Å². The van der Waals surface area contributed by atoms with E-state index >= 15 is 0 Å². The van der Waals surface area contributed by atoms with Crippen LogP contribution in [-0.2, 0) is 12.8 Å². The van der Waals surface area contributed by atoms with Gasteiger partial charge < -0.3 is 5.73 Å². The van der Waals surface area contributed by atoms with Gasteiger partial charge in [-0.1, -0.05) is 0 Å². The largest absolute Gasteiger partial charge is 0.327 e. The quantitative estimate of drug-likeness (QED) is 0.709. The van der Waals surface area contributed by atoms with E-state index in [-0.39, 0.29) is 24.8 Å². The van der Waals surface area contributed by atoms with Gasteiger partial charge in [-0.3, -0.25) is 5.10 Å². The van der Waals surface area contributed by atoms with Gasteiger partial charge in [-0.25, -0.2) is 0 Å². The van der Waals surface area contributed by atoms with Gasteiger partial charge in [-0.15, -0.1) is 24.8 Å². The van der Waals surface area contributed by atoms with Crippen molar-refractivity contribution in [3.63, 3.8) is 0 Å². The summed E-state index contributed by atoms with van der Waals surface area (Å²) in [7, 11) is 0. The van der Waals surface area contributed by atoms with Crippen LogP contribution >= 0.6 is 47.4 Å². The van der Waals surface area contributed by atoms with Crippen LogP contribution in [-0.4, -0.2) is 16.2 Å². The van der Waals surface area contributed by atoms with Crippen LogP contribution in [0.4, 0.5) is 0 Å². The monoisotopic (exact) mass is 335 g/mol. The molecule has 0 saturated carbocycles. The van der Waals surface area contributed by atoms with Crippen molar-refractivity contribution in [2.45, 2.75) is 25.3 Å². The maximum Gasteiger partial charge on any atom is 0.126 e. The molecule has 3 N–H and O–H groups in total. The van der Waals surface area contributed by atoms with Gasteiger partial charge in [0.15, 0.2) is 0 Å². The van der Waals surface area contributed by atoms with Gasteiger partial charge >= 0.3 is 0 Å². The third-order valence-corrected chi connectivity index (χ3v) is 3.03. The Kier molecular flexibility index (Phi) is 5.58. The molecule has 0 bridgehead atoms. The lowest BCUT2D eigenvalue weighted by Gasteiger charge is -2.16. The van der Waals surface area contributed by atoms with Gasteiger partial charge in [-0.2, -0.15) is 5.10 Å². The molecule has 2 rings (SSSR count). The Hall–Kier alpha value is 0.480. The Morgan fingerprint density at radius 2 is 2.15 bits per heavy atom. The number of hydrogen-bond donors (Lipinski definition) is 2. The highest BCUT2D eigenvalue weighted by Gasteiger charge is 2.19. The molecule has 0 saturated heterocycles. The smallest absolute Gasteiger partial charge is 0.126 e. The number of H-pyrrole nitrogens is 1. The van der Waals surface area contributed by atoms with E-state index in [1.807, 2.05) is 0 Å². The van der Waals surface area contributed by atoms with Crippen molar-refractivity contribution in [3.05, 3.63) is 15.0 Å². The van der Waals surface area contributed by atoms with Crippen molar-refractivity contribution in [1.82, 2.24) is 10.2 Å². The first-order valence-electron chi connectivity index (χ1n) is 3.74. The van der Waals surface area contributed by atoms with E-state index in [1.165, 1.54) is 11.3 Å². The first kappa shape index (κ1) is 13.5. The van der Waals surface area contributed by atoms with Crippen LogP contribution < -0.4 is 5.73 Å². The second kappa shape index (κ2) is 5.38. The molecule has 3 nitrogen and oxygen atoms in total. The number of halogens is 3. The number of fused-ring (bicyclic) bond motifs is 1. The predicted octanol–water partition coefficient (Wildman–Crippen LogP) is 1.67. The number of nitrogens with two attached hydrogens (primary N) is 1. The molecule has 1 aliphatic rings. The van der Waals surface area contributed by atoms with E-state index < -0.39 is 0 Å². The van der Waals surface area contributed by atoms with Crippen LogP contribution in [0.15, 0.2) is 0 Å². The standard InChI is InChI=1S/C7H10IN3.2ClH/c8-7-5-2-1-4(9)3-6(5)10-11-7;;/h4H,1-3,9H2,(H,10,11);2*1H. The van der Waals surface area contributed by atoms with Crippen molar-refractivity contribution < 1.29 is 0 Å². The summed E-state index contributed by atoms with van der Waals surface area (Å²) in [5, 5.41) is 7.16. The van der Waals surface area contributed by atoms with Gasteiger partial charge in [0, 0.05) is 23.7 Å². The highest BCUT2D eigenvalue weighted by atomic mass is 127. The third kappa shape index (κ3) is 2.71. The van der Waals surface area contributed by atoms with E-state index in [2.05, 4.69) is 32.8 Å². The summed E-state index contributed by atoms with van der Waals surface area (Å²) >= 11 is 2.26. The average molecular weight is 336 g/mol. The zero-order valence-electron chi connectivity index (χ0n) is 6.92. The van der Waals surface area contributed by atoms with E-state index in [4.69, 9.17) is 5.73 Å². The number of hydrogen-bond acceptors (Lipinski definition) is 2. The Morgan fingerprint density at radius 1 is 1.46 bits per heavy atom. The molecule has 1 atom stereocenters. The zero-order chi connectivity index (χ0) is 7.84. The maximum atomic E-state index is 5.81. The Labute approximate surface area is 103 Å². The molecule has 0 fully saturated rings. The van der Waals surface area contributed by atoms with Crippen molar-refractivity contribution in [3.8, 4) is 0 Å². The zero-order valence-corrected chi connectivity index (χ0v) is 10.7. The number of aromatic nitrogens is 2. The van der Waals surface area contributed by atoms with Gasteiger partial charge in [0.25, 0.3) is 0 Å². The fraction of sp³-hybridized carbons (Fsp3) is 0.571. The molecule has 0 spiro atoms. The summed E-state index contributed by atoms with van der Waals surface area (Å²) in [6, 6.07) is 0.332. The average Bonchev–Trinajstić information content (AvgIpc) is 2.32. The molecule has 1 aromatic heterocycles. The first-order chi connectivity index (χ1) is 5.27. The SMILES string of the molecule is Cl.Cl.NC1CCc2c(I)n[nH]c2C1. The summed E-state index contributed by atoms with van der Waals surface area (Å²) in [4.78, 5) is 0. The van der Waals surface area contributed by atoms with E-state index in [1.54, 1.807) is 0 Å². The normalized spacial score (nSPS) is 19.7. The molecule has 1 unspecified atom stereocenters. The van der Waals surface area contributed by atoms with Crippen molar-refractivity contribution in [2.24, 2.45) is 5.73 Å². The molecule has 0 amide bonds. The summed E-state index contributed by atoms with van der Waals surface area (Å²) < 4.78 is 1.12. The van der Waals surface area contributed by atoms with Crippen LogP contribution in [0.3, 0.4) is 0 Å². The van der Waals surface area contributed by atoms with Crippen LogP contribution in [0.5, 0.6) is 0 Å². The van der Waals surface area contributed by atoms with Gasteiger partial charge in [-0.05, 0) is 35.4 Å². The second-order valence-corrected chi connectivity index (χ2v) is 4.00. The number of nitrogens with one attached hydrogen (secondary N) is 1. The first-order valence-corrected chi connectivity index (χ1v) is 4.82. The second-order valence-electron chi connectivity index (χ2n) is 2.97. The molecule has 1 heterocycles. The molecule has 0 aliphatic heterocycles. The molecular formula is C7H12Cl2IN3. The van der Waals surface area contributed by atoms with Crippen LogP contribution in [0.2, 0.25) is 0 Å². The van der Waals surface area contributed by atoms with E-state index in [0.717, 1.165) is 23.0 Å². The van der Waals surface area contributed by atoms with Crippen molar-refractivity contribution >= 4 is 47.4 Å². The molecule has 0 radical (unpaired) electrons. The topological polar surface area (TPSA) is 54.7 Å². The summed E-state index contributed by atoms with van der Waals surface area (Å²) in [6.07, 6.45) is 3.15. The van der Waals surface area contributed by atoms with Gasteiger partial charge in [0.1, 0.15) is 3.70 Å². The van der Waals surface area contributed by atoms with E-state index in [9.17, 15) is 0 Å². The lowest BCUT2D eigenvalue weighted by molar-refractivity contribution is 0.569. The van der Waals surface area contributed by atoms with Crippen LogP contribution in [0, 0.1) is 3.70 Å². The number of aromatic amines is 1. The maximum absolute atomic E-state index is 5.81. The number of nitrogens with zero attached hydrogens (tertiary/aromatic N) is 1. The molecule has 1 aliphatic carbocycles. The Balaban J connectivity index is 0.000000720.